The van der Waals surface area contributed by atoms with E-state index in [9.17, 15) is 14.4 Å². The van der Waals surface area contributed by atoms with Crippen LogP contribution in [0.15, 0.2) is 28.6 Å². The third-order valence-corrected chi connectivity index (χ3v) is 6.14. The maximum Gasteiger partial charge on any atom is 0.394 e. The van der Waals surface area contributed by atoms with Crippen LogP contribution in [0.3, 0.4) is 0 Å². The molecule has 0 aliphatic rings. The third kappa shape index (κ3) is 4.36. The molecule has 1 amide bonds. The Morgan fingerprint density at radius 1 is 1.27 bits per heavy atom. The highest BCUT2D eigenvalue weighted by Gasteiger charge is 2.23. The Morgan fingerprint density at radius 3 is 2.64 bits per heavy atom. The number of amides is 1. The largest absolute Gasteiger partial charge is 0.480 e. The van der Waals surface area contributed by atoms with Gasteiger partial charge < -0.3 is 15.5 Å². The monoisotopic (exact) mass is 358 g/mol. The highest BCUT2D eigenvalue weighted by atomic mass is 33.1. The molecule has 3 N–H and O–H groups in total. The van der Waals surface area contributed by atoms with Crippen LogP contribution in [0.5, 0.6) is 0 Å². The van der Waals surface area contributed by atoms with Crippen molar-refractivity contribution in [2.24, 2.45) is 0 Å². The van der Waals surface area contributed by atoms with Gasteiger partial charge in [-0.15, -0.1) is 11.3 Å². The molecule has 1 atom stereocenters. The van der Waals surface area contributed by atoms with Gasteiger partial charge in [-0.2, -0.15) is 0 Å². The van der Waals surface area contributed by atoms with Gasteiger partial charge in [0.2, 0.25) is 0 Å². The zero-order chi connectivity index (χ0) is 16.1. The number of carbonyl (C=O) groups is 3. The summed E-state index contributed by atoms with van der Waals surface area (Å²) in [6.45, 7) is 0. The van der Waals surface area contributed by atoms with Crippen LogP contribution in [0.25, 0.3) is 10.2 Å². The van der Waals surface area contributed by atoms with Crippen LogP contribution in [-0.2, 0) is 14.4 Å². The quantitative estimate of drug-likeness (QED) is 0.528. The fraction of sp³-hybridized carbons (Fsp3) is 0.167. The summed E-state index contributed by atoms with van der Waals surface area (Å²) in [5.74, 6) is -4.31. The molecule has 0 unspecified atom stereocenters. The Kier molecular flexibility index (Phi) is 5.63. The number of rotatable bonds is 6. The number of carbonyl (C=O) groups excluding carboxylic acids is 1. The van der Waals surface area contributed by atoms with Crippen molar-refractivity contribution in [2.45, 2.75) is 10.4 Å². The van der Waals surface area contributed by atoms with Crippen LogP contribution in [0, 0.1) is 0 Å². The van der Waals surface area contributed by atoms with E-state index in [0.29, 0.717) is 0 Å². The molecule has 0 aliphatic heterocycles. The summed E-state index contributed by atoms with van der Waals surface area (Å²) in [5, 5.41) is 19.4. The van der Waals surface area contributed by atoms with E-state index in [1.165, 1.54) is 32.9 Å². The molecular formula is C12H10N2O5S3. The molecule has 1 heterocycles. The minimum Gasteiger partial charge on any atom is -0.480 e. The number of benzene rings is 1. The van der Waals surface area contributed by atoms with Gasteiger partial charge in [0.05, 0.1) is 10.2 Å². The summed E-state index contributed by atoms with van der Waals surface area (Å²) in [6.07, 6.45) is 0. The highest BCUT2D eigenvalue weighted by molar-refractivity contribution is 8.77. The molecule has 116 valence electrons. The van der Waals surface area contributed by atoms with Gasteiger partial charge in [0.25, 0.3) is 0 Å². The smallest absolute Gasteiger partial charge is 0.394 e. The van der Waals surface area contributed by atoms with E-state index in [4.69, 9.17) is 10.2 Å². The minimum atomic E-state index is -1.71. The van der Waals surface area contributed by atoms with Crippen LogP contribution in [-0.4, -0.2) is 44.8 Å². The molecule has 0 bridgehead atoms. The van der Waals surface area contributed by atoms with Crippen molar-refractivity contribution in [1.29, 1.82) is 0 Å². The number of hydrogen-bond acceptors (Lipinski definition) is 7. The lowest BCUT2D eigenvalue weighted by Gasteiger charge is -2.11. The lowest BCUT2D eigenvalue weighted by Crippen LogP contribution is -2.45. The van der Waals surface area contributed by atoms with Crippen molar-refractivity contribution in [3.05, 3.63) is 24.3 Å². The number of hydrogen-bond donors (Lipinski definition) is 3. The van der Waals surface area contributed by atoms with Crippen molar-refractivity contribution in [3.8, 4) is 0 Å². The Hall–Kier alpha value is -1.78. The maximum absolute atomic E-state index is 11.0. The van der Waals surface area contributed by atoms with E-state index in [1.54, 1.807) is 0 Å². The van der Waals surface area contributed by atoms with Gasteiger partial charge in [-0.05, 0) is 22.9 Å². The van der Waals surface area contributed by atoms with E-state index in [-0.39, 0.29) is 5.75 Å². The van der Waals surface area contributed by atoms with Crippen molar-refractivity contribution < 1.29 is 24.6 Å². The first-order chi connectivity index (χ1) is 10.5. The first kappa shape index (κ1) is 16.6. The van der Waals surface area contributed by atoms with E-state index < -0.39 is 23.9 Å². The normalized spacial score (nSPS) is 12.0. The van der Waals surface area contributed by atoms with Crippen LogP contribution >= 0.6 is 32.9 Å². The molecule has 0 spiro atoms. The molecule has 0 radical (unpaired) electrons. The van der Waals surface area contributed by atoms with Crippen molar-refractivity contribution in [2.75, 3.05) is 5.75 Å². The van der Waals surface area contributed by atoms with E-state index >= 15 is 0 Å². The molecule has 1 aromatic heterocycles. The summed E-state index contributed by atoms with van der Waals surface area (Å²) in [4.78, 5) is 36.8. The summed E-state index contributed by atoms with van der Waals surface area (Å²) in [5.41, 5.74) is 0.865. The summed E-state index contributed by atoms with van der Waals surface area (Å²) in [6, 6.07) is 6.34. The molecule has 2 rings (SSSR count). The summed E-state index contributed by atoms with van der Waals surface area (Å²) >= 11 is 1.48. The molecule has 2 aromatic rings. The molecule has 0 saturated heterocycles. The summed E-state index contributed by atoms with van der Waals surface area (Å²) in [7, 11) is 2.48. The number of fused-ring (bicyclic) bond motifs is 1. The second kappa shape index (κ2) is 7.47. The van der Waals surface area contributed by atoms with Gasteiger partial charge in [-0.25, -0.2) is 14.6 Å². The van der Waals surface area contributed by atoms with Gasteiger partial charge in [-0.3, -0.25) is 4.79 Å². The van der Waals surface area contributed by atoms with Gasteiger partial charge in [-0.1, -0.05) is 22.9 Å². The van der Waals surface area contributed by atoms with Crippen molar-refractivity contribution in [3.63, 3.8) is 0 Å². The first-order valence-corrected chi connectivity index (χ1v) is 9.02. The summed E-state index contributed by atoms with van der Waals surface area (Å²) < 4.78 is 1.79. The minimum absolute atomic E-state index is 0.0228. The number of nitrogens with zero attached hydrogens (tertiary/aromatic N) is 1. The molecule has 0 aliphatic carbocycles. The standard InChI is InChI=1S/C12H10N2O5S3/c15-9(11(18)19)13-7(10(16)17)5-20-22-12-14-6-3-1-2-4-8(6)21-12/h1-4,7H,5H2,(H,13,15)(H,16,17)(H,18,19)/t7-/m0/s1. The number of aliphatic carboxylic acids is 2. The third-order valence-electron chi connectivity index (χ3n) is 2.44. The Labute approximate surface area is 136 Å². The second-order valence-electron chi connectivity index (χ2n) is 3.98. The maximum atomic E-state index is 11.0. The molecule has 10 heteroatoms. The lowest BCUT2D eigenvalue weighted by atomic mass is 10.3. The Balaban J connectivity index is 1.91. The zero-order valence-electron chi connectivity index (χ0n) is 10.9. The fourth-order valence-electron chi connectivity index (χ4n) is 1.43. The average Bonchev–Trinajstić information content (AvgIpc) is 2.88. The van der Waals surface area contributed by atoms with E-state index in [0.717, 1.165) is 14.6 Å². The van der Waals surface area contributed by atoms with Crippen LogP contribution < -0.4 is 5.32 Å². The number of thiazole rings is 1. The second-order valence-corrected chi connectivity index (χ2v) is 7.60. The molecule has 0 saturated carbocycles. The van der Waals surface area contributed by atoms with Gasteiger partial charge >= 0.3 is 17.8 Å². The number of para-hydroxylation sites is 1. The SMILES string of the molecule is O=C(O)C(=O)N[C@@H](CSSc1nc2ccccc2s1)C(=O)O. The Morgan fingerprint density at radius 2 is 2.00 bits per heavy atom. The Bertz CT molecular complexity index is 685. The molecule has 7 nitrogen and oxygen atoms in total. The zero-order valence-corrected chi connectivity index (χ0v) is 13.3. The van der Waals surface area contributed by atoms with Gasteiger partial charge in [0.15, 0.2) is 4.34 Å². The molecular weight excluding hydrogens is 348 g/mol. The molecule has 22 heavy (non-hydrogen) atoms. The van der Waals surface area contributed by atoms with Crippen LogP contribution in [0.1, 0.15) is 0 Å². The number of aromatic nitrogens is 1. The number of carboxylic acid groups (broad SMARTS) is 2. The topological polar surface area (TPSA) is 117 Å². The van der Waals surface area contributed by atoms with Gasteiger partial charge in [0, 0.05) is 5.75 Å². The van der Waals surface area contributed by atoms with Gasteiger partial charge in [0.1, 0.15) is 6.04 Å². The molecule has 0 fully saturated rings. The number of nitrogens with one attached hydrogen (secondary N) is 1. The average molecular weight is 358 g/mol. The predicted molar refractivity (Wildman–Crippen MR) is 85.1 cm³/mol. The van der Waals surface area contributed by atoms with Crippen molar-refractivity contribution >= 4 is 61.0 Å². The van der Waals surface area contributed by atoms with E-state index in [2.05, 4.69) is 4.98 Å². The van der Waals surface area contributed by atoms with E-state index in [1.807, 2.05) is 29.6 Å². The van der Waals surface area contributed by atoms with Crippen molar-refractivity contribution in [1.82, 2.24) is 10.3 Å². The highest BCUT2D eigenvalue weighted by Crippen LogP contribution is 2.36. The van der Waals surface area contributed by atoms with Crippen LogP contribution in [0.4, 0.5) is 0 Å². The number of carboxylic acids is 2. The fourth-order valence-corrected chi connectivity index (χ4v) is 4.97. The first-order valence-electron chi connectivity index (χ1n) is 5.89. The lowest BCUT2D eigenvalue weighted by molar-refractivity contribution is -0.151. The molecule has 1 aromatic carbocycles. The van der Waals surface area contributed by atoms with Crippen LogP contribution in [0.2, 0.25) is 0 Å². The predicted octanol–water partition coefficient (Wildman–Crippen LogP) is 1.69.